The van der Waals surface area contributed by atoms with E-state index in [-0.39, 0.29) is 0 Å². The van der Waals surface area contributed by atoms with E-state index in [2.05, 4.69) is 4.98 Å². The predicted octanol–water partition coefficient (Wildman–Crippen LogP) is 3.09. The lowest BCUT2D eigenvalue weighted by Crippen LogP contribution is -1.93. The van der Waals surface area contributed by atoms with Gasteiger partial charge in [-0.2, -0.15) is 0 Å². The minimum Gasteiger partial charge on any atom is -0.397 e. The van der Waals surface area contributed by atoms with Gasteiger partial charge in [-0.3, -0.25) is 4.98 Å². The molecule has 1 heterocycles. The fourth-order valence-corrected chi connectivity index (χ4v) is 1.74. The van der Waals surface area contributed by atoms with Gasteiger partial charge in [0.25, 0.3) is 0 Å². The number of aromatic nitrogens is 1. The second-order valence-corrected chi connectivity index (χ2v) is 3.82. The first-order valence-corrected chi connectivity index (χ1v) is 4.79. The molecule has 0 aliphatic rings. The quantitative estimate of drug-likeness (QED) is 0.673. The van der Waals surface area contributed by atoms with Crippen molar-refractivity contribution >= 4 is 28.2 Å². The number of fused-ring (bicyclic) bond motifs is 1. The molecule has 0 amide bonds. The maximum Gasteiger partial charge on any atom is 0.0949 e. The lowest BCUT2D eigenvalue weighted by molar-refractivity contribution is 1.25. The van der Waals surface area contributed by atoms with E-state index in [1.54, 1.807) is 0 Å². The van der Waals surface area contributed by atoms with E-state index in [0.717, 1.165) is 27.2 Å². The van der Waals surface area contributed by atoms with Gasteiger partial charge < -0.3 is 5.73 Å². The summed E-state index contributed by atoms with van der Waals surface area (Å²) in [4.78, 5) is 4.37. The number of nitrogens with two attached hydrogens (primary N) is 1. The Bertz CT molecular complexity index is 506. The third-order valence-electron chi connectivity index (χ3n) is 2.26. The summed E-state index contributed by atoms with van der Waals surface area (Å²) in [7, 11) is 0. The number of pyridine rings is 1. The largest absolute Gasteiger partial charge is 0.397 e. The molecular formula is C11H11ClN2. The maximum atomic E-state index is 6.15. The maximum absolute atomic E-state index is 6.15. The van der Waals surface area contributed by atoms with Gasteiger partial charge in [-0.15, -0.1) is 0 Å². The van der Waals surface area contributed by atoms with Crippen molar-refractivity contribution in [1.29, 1.82) is 0 Å². The Labute approximate surface area is 87.7 Å². The van der Waals surface area contributed by atoms with E-state index in [9.17, 15) is 0 Å². The van der Waals surface area contributed by atoms with Crippen molar-refractivity contribution in [3.05, 3.63) is 34.5 Å². The summed E-state index contributed by atoms with van der Waals surface area (Å²) in [6.45, 7) is 3.88. The molecule has 0 saturated heterocycles. The van der Waals surface area contributed by atoms with E-state index in [4.69, 9.17) is 17.3 Å². The van der Waals surface area contributed by atoms with Crippen molar-refractivity contribution < 1.29 is 0 Å². The highest BCUT2D eigenvalue weighted by Crippen LogP contribution is 2.30. The van der Waals surface area contributed by atoms with Crippen LogP contribution in [0.2, 0.25) is 5.02 Å². The molecule has 2 N–H and O–H groups in total. The molecule has 14 heavy (non-hydrogen) atoms. The summed E-state index contributed by atoms with van der Waals surface area (Å²) in [6.07, 6.45) is 0. The average Bonchev–Trinajstić information content (AvgIpc) is 2.14. The summed E-state index contributed by atoms with van der Waals surface area (Å²) in [5, 5.41) is 1.66. The summed E-state index contributed by atoms with van der Waals surface area (Å²) in [5.74, 6) is 0. The smallest absolute Gasteiger partial charge is 0.0949 e. The molecule has 0 atom stereocenters. The Morgan fingerprint density at radius 3 is 2.71 bits per heavy atom. The van der Waals surface area contributed by atoms with Crippen LogP contribution in [0, 0.1) is 13.8 Å². The Morgan fingerprint density at radius 1 is 1.29 bits per heavy atom. The second-order valence-electron chi connectivity index (χ2n) is 3.45. The van der Waals surface area contributed by atoms with Crippen LogP contribution in [0.3, 0.4) is 0 Å². The molecule has 3 heteroatoms. The van der Waals surface area contributed by atoms with Gasteiger partial charge in [-0.05, 0) is 37.6 Å². The molecule has 0 spiro atoms. The van der Waals surface area contributed by atoms with E-state index >= 15 is 0 Å². The molecule has 0 bridgehead atoms. The van der Waals surface area contributed by atoms with Gasteiger partial charge in [0.2, 0.25) is 0 Å². The molecule has 0 aliphatic carbocycles. The Balaban J connectivity index is 2.94. The van der Waals surface area contributed by atoms with Crippen molar-refractivity contribution in [3.63, 3.8) is 0 Å². The number of rotatable bonds is 0. The summed E-state index contributed by atoms with van der Waals surface area (Å²) < 4.78 is 0. The molecule has 2 aromatic rings. The van der Waals surface area contributed by atoms with Crippen LogP contribution in [0.5, 0.6) is 0 Å². The summed E-state index contributed by atoms with van der Waals surface area (Å²) >= 11 is 6.15. The first-order valence-electron chi connectivity index (χ1n) is 4.41. The molecule has 1 aromatic heterocycles. The zero-order valence-electron chi connectivity index (χ0n) is 8.13. The summed E-state index contributed by atoms with van der Waals surface area (Å²) in [6, 6.07) is 5.76. The van der Waals surface area contributed by atoms with Crippen LogP contribution in [-0.2, 0) is 0 Å². The zero-order chi connectivity index (χ0) is 10.3. The van der Waals surface area contributed by atoms with Gasteiger partial charge in [-0.25, -0.2) is 0 Å². The number of nitrogens with zero attached hydrogens (tertiary/aromatic N) is 1. The minimum absolute atomic E-state index is 0.686. The van der Waals surface area contributed by atoms with Crippen LogP contribution < -0.4 is 5.73 Å². The van der Waals surface area contributed by atoms with Crippen molar-refractivity contribution in [2.45, 2.75) is 13.8 Å². The number of aryl methyl sites for hydroxylation is 2. The van der Waals surface area contributed by atoms with Gasteiger partial charge in [0.05, 0.1) is 16.2 Å². The van der Waals surface area contributed by atoms with Gasteiger partial charge >= 0.3 is 0 Å². The van der Waals surface area contributed by atoms with Crippen LogP contribution in [-0.4, -0.2) is 4.98 Å². The average molecular weight is 207 g/mol. The highest BCUT2D eigenvalue weighted by atomic mass is 35.5. The van der Waals surface area contributed by atoms with Crippen molar-refractivity contribution in [1.82, 2.24) is 4.98 Å². The third-order valence-corrected chi connectivity index (χ3v) is 2.76. The predicted molar refractivity (Wildman–Crippen MR) is 60.6 cm³/mol. The molecule has 0 radical (unpaired) electrons. The molecule has 0 unspecified atom stereocenters. The first-order chi connectivity index (χ1) is 6.59. The monoisotopic (exact) mass is 206 g/mol. The van der Waals surface area contributed by atoms with Crippen LogP contribution in [0.1, 0.15) is 11.3 Å². The van der Waals surface area contributed by atoms with Crippen molar-refractivity contribution in [2.75, 3.05) is 5.73 Å². The first kappa shape index (κ1) is 9.28. The topological polar surface area (TPSA) is 38.9 Å². The van der Waals surface area contributed by atoms with Crippen LogP contribution in [0.15, 0.2) is 18.2 Å². The van der Waals surface area contributed by atoms with Gasteiger partial charge in [0.1, 0.15) is 0 Å². The highest BCUT2D eigenvalue weighted by molar-refractivity contribution is 6.36. The molecule has 0 saturated carbocycles. The number of hydrogen-bond acceptors (Lipinski definition) is 2. The second kappa shape index (κ2) is 3.14. The van der Waals surface area contributed by atoms with E-state index < -0.39 is 0 Å². The number of nitrogen functional groups attached to an aromatic ring is 1. The van der Waals surface area contributed by atoms with E-state index in [1.165, 1.54) is 0 Å². The fourth-order valence-electron chi connectivity index (χ4n) is 1.53. The number of halogens is 1. The number of benzene rings is 1. The van der Waals surface area contributed by atoms with Crippen molar-refractivity contribution in [2.24, 2.45) is 0 Å². The Morgan fingerprint density at radius 2 is 2.00 bits per heavy atom. The molecular weight excluding hydrogens is 196 g/mol. The minimum atomic E-state index is 0.686. The Hall–Kier alpha value is -1.28. The zero-order valence-corrected chi connectivity index (χ0v) is 8.89. The molecule has 0 aliphatic heterocycles. The lowest BCUT2D eigenvalue weighted by atomic mass is 10.1. The highest BCUT2D eigenvalue weighted by Gasteiger charge is 2.06. The number of anilines is 1. The molecule has 2 rings (SSSR count). The van der Waals surface area contributed by atoms with Gasteiger partial charge in [0.15, 0.2) is 0 Å². The van der Waals surface area contributed by atoms with E-state index in [1.807, 2.05) is 32.0 Å². The fraction of sp³-hybridized carbons (Fsp3) is 0.182. The molecule has 0 fully saturated rings. The molecule has 72 valence electrons. The van der Waals surface area contributed by atoms with Gasteiger partial charge in [0, 0.05) is 11.1 Å². The molecule has 1 aromatic carbocycles. The summed E-state index contributed by atoms with van der Waals surface area (Å²) in [5.41, 5.74) is 9.29. The standard InChI is InChI=1S/C11H11ClN2/c1-6-5-9(13)11-8(10(6)12)4-3-7(2)14-11/h3-5H,13H2,1-2H3. The Kier molecular flexibility index (Phi) is 2.08. The number of hydrogen-bond donors (Lipinski definition) is 1. The SMILES string of the molecule is Cc1ccc2c(Cl)c(C)cc(N)c2n1. The van der Waals surface area contributed by atoms with E-state index in [0.29, 0.717) is 5.69 Å². The lowest BCUT2D eigenvalue weighted by Gasteiger charge is -2.07. The normalized spacial score (nSPS) is 10.8. The van der Waals surface area contributed by atoms with Crippen LogP contribution in [0.4, 0.5) is 5.69 Å². The third kappa shape index (κ3) is 1.32. The van der Waals surface area contributed by atoms with Gasteiger partial charge in [-0.1, -0.05) is 11.6 Å². The van der Waals surface area contributed by atoms with Crippen LogP contribution >= 0.6 is 11.6 Å². The van der Waals surface area contributed by atoms with Crippen molar-refractivity contribution in [3.8, 4) is 0 Å². The van der Waals surface area contributed by atoms with Crippen LogP contribution in [0.25, 0.3) is 10.9 Å². The molecule has 2 nitrogen and oxygen atoms in total.